The predicted octanol–water partition coefficient (Wildman–Crippen LogP) is 4.46. The Balaban J connectivity index is 1.55. The van der Waals surface area contributed by atoms with Crippen molar-refractivity contribution >= 4 is 63.0 Å². The molecule has 3 rings (SSSR count). The molecule has 5 nitrogen and oxygen atoms in total. The second-order valence-electron chi connectivity index (χ2n) is 5.18. The molecule has 1 fully saturated rings. The standard InChI is InChI=1S/C14H14Cl2N4OS2/c1-7-2-5-9(15)12(11(7)16)18-10(21)6-22-14-20-19-13(23-14)17-8-3-4-8/h2,5,8H,3-4,6H2,1H3,(H,17,19)(H,18,21). The van der Waals surface area contributed by atoms with Crippen LogP contribution in [0.5, 0.6) is 0 Å². The number of aryl methyl sites for hydroxylation is 1. The molecule has 0 spiro atoms. The van der Waals surface area contributed by atoms with Crippen LogP contribution in [0.1, 0.15) is 18.4 Å². The monoisotopic (exact) mass is 388 g/mol. The van der Waals surface area contributed by atoms with E-state index in [1.807, 2.05) is 13.0 Å². The average Bonchev–Trinajstić information content (AvgIpc) is 3.22. The van der Waals surface area contributed by atoms with Crippen LogP contribution in [0, 0.1) is 6.92 Å². The molecule has 2 N–H and O–H groups in total. The number of amides is 1. The van der Waals surface area contributed by atoms with Crippen molar-refractivity contribution in [3.05, 3.63) is 27.7 Å². The van der Waals surface area contributed by atoms with Crippen molar-refractivity contribution in [2.24, 2.45) is 0 Å². The Hall–Kier alpha value is -1.02. The number of carbonyl (C=O) groups is 1. The summed E-state index contributed by atoms with van der Waals surface area (Å²) in [5.41, 5.74) is 1.31. The van der Waals surface area contributed by atoms with Crippen LogP contribution < -0.4 is 10.6 Å². The van der Waals surface area contributed by atoms with Gasteiger partial charge in [-0.05, 0) is 31.4 Å². The fourth-order valence-corrected chi connectivity index (χ4v) is 3.90. The Bertz CT molecular complexity index is 734. The number of thioether (sulfide) groups is 1. The average molecular weight is 389 g/mol. The lowest BCUT2D eigenvalue weighted by Gasteiger charge is -2.10. The lowest BCUT2D eigenvalue weighted by atomic mass is 10.2. The molecule has 122 valence electrons. The van der Waals surface area contributed by atoms with Crippen LogP contribution >= 0.6 is 46.3 Å². The number of halogens is 2. The summed E-state index contributed by atoms with van der Waals surface area (Å²) >= 11 is 15.1. The fraction of sp³-hybridized carbons (Fsp3) is 0.357. The molecular weight excluding hydrogens is 375 g/mol. The summed E-state index contributed by atoms with van der Waals surface area (Å²) < 4.78 is 0.754. The van der Waals surface area contributed by atoms with Gasteiger partial charge in [0.05, 0.1) is 21.5 Å². The minimum absolute atomic E-state index is 0.184. The maximum Gasteiger partial charge on any atom is 0.234 e. The molecule has 2 aromatic rings. The summed E-state index contributed by atoms with van der Waals surface area (Å²) in [5.74, 6) is 0.0369. The number of rotatable bonds is 6. The maximum absolute atomic E-state index is 12.1. The molecule has 1 aromatic carbocycles. The normalized spacial score (nSPS) is 13.9. The molecule has 1 saturated carbocycles. The number of carbonyl (C=O) groups excluding carboxylic acids is 1. The number of nitrogens with one attached hydrogen (secondary N) is 2. The highest BCUT2D eigenvalue weighted by Crippen LogP contribution is 2.34. The van der Waals surface area contributed by atoms with Crippen LogP contribution in [0.15, 0.2) is 16.5 Å². The molecule has 0 radical (unpaired) electrons. The molecule has 0 atom stereocenters. The molecule has 0 bridgehead atoms. The molecule has 0 aliphatic heterocycles. The number of aromatic nitrogens is 2. The van der Waals surface area contributed by atoms with Crippen LogP contribution in [0.4, 0.5) is 10.8 Å². The second kappa shape index (κ2) is 7.25. The summed E-state index contributed by atoms with van der Waals surface area (Å²) in [6, 6.07) is 4.06. The molecule has 1 aromatic heterocycles. The van der Waals surface area contributed by atoms with Gasteiger partial charge in [-0.15, -0.1) is 10.2 Å². The van der Waals surface area contributed by atoms with Gasteiger partial charge in [-0.25, -0.2) is 0 Å². The molecule has 0 unspecified atom stereocenters. The van der Waals surface area contributed by atoms with Gasteiger partial charge in [-0.3, -0.25) is 4.79 Å². The maximum atomic E-state index is 12.1. The Morgan fingerprint density at radius 2 is 2.17 bits per heavy atom. The van der Waals surface area contributed by atoms with E-state index < -0.39 is 0 Å². The second-order valence-corrected chi connectivity index (χ2v) is 8.17. The third-order valence-corrected chi connectivity index (χ3v) is 5.98. The zero-order valence-corrected chi connectivity index (χ0v) is 15.4. The van der Waals surface area contributed by atoms with E-state index in [1.165, 1.54) is 35.9 Å². The van der Waals surface area contributed by atoms with Crippen molar-refractivity contribution in [1.29, 1.82) is 0 Å². The highest BCUT2D eigenvalue weighted by Gasteiger charge is 2.22. The number of benzene rings is 1. The molecule has 1 heterocycles. The Labute approximate surface area is 152 Å². The predicted molar refractivity (Wildman–Crippen MR) is 97.1 cm³/mol. The highest BCUT2D eigenvalue weighted by molar-refractivity contribution is 8.01. The first-order chi connectivity index (χ1) is 11.0. The number of nitrogens with zero attached hydrogens (tertiary/aromatic N) is 2. The minimum Gasteiger partial charge on any atom is -0.357 e. The summed E-state index contributed by atoms with van der Waals surface area (Å²) in [4.78, 5) is 12.1. The van der Waals surface area contributed by atoms with Gasteiger partial charge in [0, 0.05) is 6.04 Å². The number of hydrogen-bond acceptors (Lipinski definition) is 6. The van der Waals surface area contributed by atoms with Crippen LogP contribution in [0.2, 0.25) is 10.0 Å². The van der Waals surface area contributed by atoms with Crippen molar-refractivity contribution in [2.45, 2.75) is 30.1 Å². The van der Waals surface area contributed by atoms with Gasteiger partial charge in [0.2, 0.25) is 11.0 Å². The SMILES string of the molecule is Cc1ccc(Cl)c(NC(=O)CSc2nnc(NC3CC3)s2)c1Cl. The zero-order valence-electron chi connectivity index (χ0n) is 12.2. The van der Waals surface area contributed by atoms with E-state index >= 15 is 0 Å². The van der Waals surface area contributed by atoms with E-state index in [-0.39, 0.29) is 11.7 Å². The Morgan fingerprint density at radius 1 is 1.39 bits per heavy atom. The molecule has 1 amide bonds. The van der Waals surface area contributed by atoms with E-state index in [9.17, 15) is 4.79 Å². The van der Waals surface area contributed by atoms with Crippen molar-refractivity contribution in [3.8, 4) is 0 Å². The van der Waals surface area contributed by atoms with Crippen molar-refractivity contribution in [3.63, 3.8) is 0 Å². The van der Waals surface area contributed by atoms with E-state index in [2.05, 4.69) is 20.8 Å². The van der Waals surface area contributed by atoms with E-state index in [0.717, 1.165) is 15.0 Å². The van der Waals surface area contributed by atoms with Gasteiger partial charge in [0.15, 0.2) is 4.34 Å². The summed E-state index contributed by atoms with van der Waals surface area (Å²) in [6.45, 7) is 1.86. The van der Waals surface area contributed by atoms with Gasteiger partial charge >= 0.3 is 0 Å². The number of hydrogen-bond donors (Lipinski definition) is 2. The molecule has 1 aliphatic rings. The fourth-order valence-electron chi connectivity index (χ4n) is 1.80. The van der Waals surface area contributed by atoms with E-state index in [0.29, 0.717) is 21.8 Å². The van der Waals surface area contributed by atoms with Crippen LogP contribution in [0.25, 0.3) is 0 Å². The van der Waals surface area contributed by atoms with Crippen molar-refractivity contribution < 1.29 is 4.79 Å². The van der Waals surface area contributed by atoms with Crippen molar-refractivity contribution in [1.82, 2.24) is 10.2 Å². The zero-order chi connectivity index (χ0) is 16.4. The molecule has 9 heteroatoms. The van der Waals surface area contributed by atoms with E-state index in [1.54, 1.807) is 6.07 Å². The molecular formula is C14H14Cl2N4OS2. The summed E-state index contributed by atoms with van der Waals surface area (Å²) in [5, 5.41) is 15.8. The molecule has 1 aliphatic carbocycles. The molecule has 23 heavy (non-hydrogen) atoms. The van der Waals surface area contributed by atoms with Crippen molar-refractivity contribution in [2.75, 3.05) is 16.4 Å². The van der Waals surface area contributed by atoms with Gasteiger partial charge in [-0.2, -0.15) is 0 Å². The first-order valence-corrected chi connectivity index (χ1v) is 9.56. The largest absolute Gasteiger partial charge is 0.357 e. The van der Waals surface area contributed by atoms with Crippen LogP contribution in [0.3, 0.4) is 0 Å². The smallest absolute Gasteiger partial charge is 0.234 e. The first kappa shape index (κ1) is 16.8. The highest BCUT2D eigenvalue weighted by atomic mass is 35.5. The van der Waals surface area contributed by atoms with Crippen LogP contribution in [-0.2, 0) is 4.79 Å². The lowest BCUT2D eigenvalue weighted by molar-refractivity contribution is -0.113. The minimum atomic E-state index is -0.184. The van der Waals surface area contributed by atoms with Gasteiger partial charge in [0.1, 0.15) is 0 Å². The quantitative estimate of drug-likeness (QED) is 0.714. The van der Waals surface area contributed by atoms with Gasteiger partial charge < -0.3 is 10.6 Å². The summed E-state index contributed by atoms with van der Waals surface area (Å²) in [6.07, 6.45) is 2.37. The topological polar surface area (TPSA) is 66.9 Å². The van der Waals surface area contributed by atoms with Gasteiger partial charge in [0.25, 0.3) is 0 Å². The molecule has 0 saturated heterocycles. The first-order valence-electron chi connectivity index (χ1n) is 7.00. The van der Waals surface area contributed by atoms with Gasteiger partial charge in [-0.1, -0.05) is 52.4 Å². The summed E-state index contributed by atoms with van der Waals surface area (Å²) in [7, 11) is 0. The lowest BCUT2D eigenvalue weighted by Crippen LogP contribution is -2.14. The van der Waals surface area contributed by atoms with E-state index in [4.69, 9.17) is 23.2 Å². The third kappa shape index (κ3) is 4.50. The van der Waals surface area contributed by atoms with Crippen LogP contribution in [-0.4, -0.2) is 27.9 Å². The Morgan fingerprint density at radius 3 is 2.91 bits per heavy atom. The number of anilines is 2. The Kier molecular flexibility index (Phi) is 5.31. The third-order valence-electron chi connectivity index (χ3n) is 3.19.